The quantitative estimate of drug-likeness (QED) is 0.760. The molecule has 0 bridgehead atoms. The van der Waals surface area contributed by atoms with Crippen LogP contribution in [0, 0.1) is 11.6 Å². The van der Waals surface area contributed by atoms with Gasteiger partial charge < -0.3 is 4.74 Å². The first-order valence-corrected chi connectivity index (χ1v) is 8.46. The number of anilines is 1. The Balaban J connectivity index is 1.53. The molecule has 1 aliphatic rings. The highest BCUT2D eigenvalue weighted by Crippen LogP contribution is 2.32. The number of rotatable bonds is 3. The number of carbonyl (C=O) groups excluding carboxylic acids is 1. The average molecular weight is 358 g/mol. The van der Waals surface area contributed by atoms with Gasteiger partial charge in [-0.1, -0.05) is 0 Å². The zero-order valence-electron chi connectivity index (χ0n) is 12.9. The van der Waals surface area contributed by atoms with Crippen LogP contribution in [0.25, 0.3) is 11.3 Å². The summed E-state index contributed by atoms with van der Waals surface area (Å²) in [4.78, 5) is 16.5. The smallest absolute Gasteiger partial charge is 0.257 e. The first-order valence-electron chi connectivity index (χ1n) is 7.58. The molecule has 25 heavy (non-hydrogen) atoms. The van der Waals surface area contributed by atoms with Crippen LogP contribution in [0.1, 0.15) is 15.9 Å². The van der Waals surface area contributed by atoms with Crippen molar-refractivity contribution in [2.75, 3.05) is 11.9 Å². The molecule has 0 fully saturated rings. The fraction of sp³-hybridized carbons (Fsp3) is 0.111. The van der Waals surface area contributed by atoms with Crippen molar-refractivity contribution in [3.63, 3.8) is 0 Å². The molecule has 126 valence electrons. The van der Waals surface area contributed by atoms with Gasteiger partial charge in [-0.3, -0.25) is 10.1 Å². The van der Waals surface area contributed by atoms with Gasteiger partial charge in [-0.25, -0.2) is 13.8 Å². The van der Waals surface area contributed by atoms with E-state index in [0.717, 1.165) is 41.1 Å². The highest BCUT2D eigenvalue weighted by Gasteiger charge is 2.15. The van der Waals surface area contributed by atoms with E-state index in [1.165, 1.54) is 17.4 Å². The number of amides is 1. The third-order valence-electron chi connectivity index (χ3n) is 3.89. The molecule has 1 aliphatic heterocycles. The summed E-state index contributed by atoms with van der Waals surface area (Å²) in [5.41, 5.74) is 2.84. The van der Waals surface area contributed by atoms with Gasteiger partial charge in [0, 0.05) is 22.9 Å². The number of carbonyl (C=O) groups is 1. The molecule has 0 aliphatic carbocycles. The molecule has 7 heteroatoms. The Morgan fingerprint density at radius 1 is 1.16 bits per heavy atom. The number of nitrogens with zero attached hydrogens (tertiary/aromatic N) is 1. The van der Waals surface area contributed by atoms with Crippen LogP contribution in [0.5, 0.6) is 5.75 Å². The highest BCUT2D eigenvalue weighted by molar-refractivity contribution is 7.14. The first kappa shape index (κ1) is 15.7. The van der Waals surface area contributed by atoms with E-state index in [1.54, 1.807) is 0 Å². The molecule has 0 saturated carbocycles. The van der Waals surface area contributed by atoms with E-state index in [1.807, 2.05) is 23.6 Å². The number of thiazole rings is 1. The molecule has 3 aromatic rings. The minimum absolute atomic E-state index is 0.0327. The van der Waals surface area contributed by atoms with Crippen molar-refractivity contribution in [3.8, 4) is 17.0 Å². The van der Waals surface area contributed by atoms with Crippen molar-refractivity contribution in [2.45, 2.75) is 6.42 Å². The van der Waals surface area contributed by atoms with Gasteiger partial charge in [0.05, 0.1) is 12.3 Å². The summed E-state index contributed by atoms with van der Waals surface area (Å²) < 4.78 is 31.7. The SMILES string of the molecule is O=C(Nc1nc(-c2ccc3c(c2)CCO3)cs1)c1ccc(F)c(F)c1. The van der Waals surface area contributed by atoms with Crippen LogP contribution in [0.2, 0.25) is 0 Å². The summed E-state index contributed by atoms with van der Waals surface area (Å²) >= 11 is 1.27. The third kappa shape index (κ3) is 3.10. The Labute approximate surface area is 146 Å². The number of aromatic nitrogens is 1. The lowest BCUT2D eigenvalue weighted by Crippen LogP contribution is -2.12. The maximum Gasteiger partial charge on any atom is 0.257 e. The number of halogens is 2. The second-order valence-corrected chi connectivity index (χ2v) is 6.40. The van der Waals surface area contributed by atoms with Crippen LogP contribution in [0.15, 0.2) is 41.8 Å². The van der Waals surface area contributed by atoms with Crippen molar-refractivity contribution >= 4 is 22.4 Å². The molecule has 2 aromatic carbocycles. The second-order valence-electron chi connectivity index (χ2n) is 5.54. The van der Waals surface area contributed by atoms with Gasteiger partial charge in [-0.15, -0.1) is 11.3 Å². The monoisotopic (exact) mass is 358 g/mol. The van der Waals surface area contributed by atoms with Crippen LogP contribution >= 0.6 is 11.3 Å². The third-order valence-corrected chi connectivity index (χ3v) is 4.65. The van der Waals surface area contributed by atoms with E-state index in [-0.39, 0.29) is 5.56 Å². The molecule has 0 saturated heterocycles. The number of fused-ring (bicyclic) bond motifs is 1. The van der Waals surface area contributed by atoms with Crippen LogP contribution < -0.4 is 10.1 Å². The summed E-state index contributed by atoms with van der Waals surface area (Å²) in [6.07, 6.45) is 0.868. The summed E-state index contributed by atoms with van der Waals surface area (Å²) in [7, 11) is 0. The van der Waals surface area contributed by atoms with E-state index in [2.05, 4.69) is 10.3 Å². The van der Waals surface area contributed by atoms with Gasteiger partial charge in [-0.2, -0.15) is 0 Å². The average Bonchev–Trinajstić information content (AvgIpc) is 3.25. The van der Waals surface area contributed by atoms with E-state index >= 15 is 0 Å². The van der Waals surface area contributed by atoms with E-state index in [4.69, 9.17) is 4.74 Å². The van der Waals surface area contributed by atoms with Gasteiger partial charge in [0.1, 0.15) is 5.75 Å². The summed E-state index contributed by atoms with van der Waals surface area (Å²) in [5, 5.41) is 4.82. The molecule has 0 unspecified atom stereocenters. The van der Waals surface area contributed by atoms with Crippen LogP contribution in [0.3, 0.4) is 0 Å². The zero-order chi connectivity index (χ0) is 17.4. The van der Waals surface area contributed by atoms with Crippen molar-refractivity contribution in [3.05, 3.63) is 64.5 Å². The topological polar surface area (TPSA) is 51.2 Å². The lowest BCUT2D eigenvalue weighted by atomic mass is 10.1. The number of hydrogen-bond acceptors (Lipinski definition) is 4. The highest BCUT2D eigenvalue weighted by atomic mass is 32.1. The minimum Gasteiger partial charge on any atom is -0.493 e. The van der Waals surface area contributed by atoms with Gasteiger partial charge in [-0.05, 0) is 42.0 Å². The molecular weight excluding hydrogens is 346 g/mol. The lowest BCUT2D eigenvalue weighted by Gasteiger charge is -2.03. The van der Waals surface area contributed by atoms with Crippen molar-refractivity contribution < 1.29 is 18.3 Å². The van der Waals surface area contributed by atoms with Gasteiger partial charge in [0.15, 0.2) is 16.8 Å². The van der Waals surface area contributed by atoms with Crippen molar-refractivity contribution in [1.82, 2.24) is 4.98 Å². The molecule has 1 amide bonds. The summed E-state index contributed by atoms with van der Waals surface area (Å²) in [6, 6.07) is 8.86. The maximum atomic E-state index is 13.2. The first-order chi connectivity index (χ1) is 12.1. The lowest BCUT2D eigenvalue weighted by molar-refractivity contribution is 0.102. The number of benzene rings is 2. The molecule has 0 spiro atoms. The predicted molar refractivity (Wildman–Crippen MR) is 91.1 cm³/mol. The molecule has 4 rings (SSSR count). The molecule has 4 nitrogen and oxygen atoms in total. The molecule has 0 radical (unpaired) electrons. The Morgan fingerprint density at radius 3 is 2.88 bits per heavy atom. The molecule has 0 atom stereocenters. The van der Waals surface area contributed by atoms with E-state index in [0.29, 0.717) is 11.7 Å². The Bertz CT molecular complexity index is 971. The second kappa shape index (κ2) is 6.25. The summed E-state index contributed by atoms with van der Waals surface area (Å²) in [5.74, 6) is -1.70. The summed E-state index contributed by atoms with van der Waals surface area (Å²) in [6.45, 7) is 0.686. The largest absolute Gasteiger partial charge is 0.493 e. The zero-order valence-corrected chi connectivity index (χ0v) is 13.7. The molecule has 2 heterocycles. The molecule has 1 N–H and O–H groups in total. The van der Waals surface area contributed by atoms with Gasteiger partial charge in [0.25, 0.3) is 5.91 Å². The molecular formula is C18H12F2N2O2S. The normalized spacial score (nSPS) is 12.6. The van der Waals surface area contributed by atoms with Gasteiger partial charge >= 0.3 is 0 Å². The number of nitrogens with one attached hydrogen (secondary N) is 1. The fourth-order valence-electron chi connectivity index (χ4n) is 2.62. The number of hydrogen-bond donors (Lipinski definition) is 1. The maximum absolute atomic E-state index is 13.2. The van der Waals surface area contributed by atoms with Crippen LogP contribution in [-0.4, -0.2) is 17.5 Å². The number of ether oxygens (including phenoxy) is 1. The van der Waals surface area contributed by atoms with E-state index in [9.17, 15) is 13.6 Å². The standard InChI is InChI=1S/C18H12F2N2O2S/c19-13-3-1-12(8-14(13)20)17(23)22-18-21-15(9-25-18)10-2-4-16-11(7-10)5-6-24-16/h1-4,7-9H,5-6H2,(H,21,22,23). The minimum atomic E-state index is -1.06. The molecule has 1 aromatic heterocycles. The predicted octanol–water partition coefficient (Wildman–Crippen LogP) is 4.28. The Morgan fingerprint density at radius 2 is 2.04 bits per heavy atom. The fourth-order valence-corrected chi connectivity index (χ4v) is 3.33. The Hall–Kier alpha value is -2.80. The van der Waals surface area contributed by atoms with Crippen molar-refractivity contribution in [2.24, 2.45) is 0 Å². The van der Waals surface area contributed by atoms with Crippen molar-refractivity contribution in [1.29, 1.82) is 0 Å². The Kier molecular flexibility index (Phi) is 3.93. The van der Waals surface area contributed by atoms with Crippen LogP contribution in [-0.2, 0) is 6.42 Å². The van der Waals surface area contributed by atoms with Gasteiger partial charge in [0.2, 0.25) is 0 Å². The van der Waals surface area contributed by atoms with Crippen LogP contribution in [0.4, 0.5) is 13.9 Å². The van der Waals surface area contributed by atoms with E-state index < -0.39 is 17.5 Å².